The zero-order chi connectivity index (χ0) is 13.9. The van der Waals surface area contributed by atoms with Gasteiger partial charge in [-0.1, -0.05) is 24.3 Å². The van der Waals surface area contributed by atoms with Gasteiger partial charge in [-0.3, -0.25) is 16.3 Å². The van der Waals surface area contributed by atoms with E-state index >= 15 is 0 Å². The van der Waals surface area contributed by atoms with Gasteiger partial charge in [0.2, 0.25) is 0 Å². The summed E-state index contributed by atoms with van der Waals surface area (Å²) in [5.74, 6) is 6.44. The van der Waals surface area contributed by atoms with Gasteiger partial charge in [0.1, 0.15) is 0 Å². The van der Waals surface area contributed by atoms with E-state index in [1.165, 1.54) is 12.8 Å². The smallest absolute Gasteiger partial charge is 0.0811 e. The first kappa shape index (κ1) is 13.5. The summed E-state index contributed by atoms with van der Waals surface area (Å²) in [7, 11) is 0. The highest BCUT2D eigenvalue weighted by atomic mass is 16.5. The number of ether oxygens (including phenoxy) is 1. The lowest BCUT2D eigenvalue weighted by molar-refractivity contribution is 0.0188. The molecule has 1 fully saturated rings. The van der Waals surface area contributed by atoms with E-state index in [1.807, 2.05) is 19.2 Å². The Kier molecular flexibility index (Phi) is 3.96. The Morgan fingerprint density at radius 3 is 2.85 bits per heavy atom. The number of hydrazine groups is 1. The Morgan fingerprint density at radius 2 is 2.15 bits per heavy atom. The molecule has 20 heavy (non-hydrogen) atoms. The van der Waals surface area contributed by atoms with E-state index in [0.29, 0.717) is 12.5 Å². The number of para-hydroxylation sites is 1. The molecule has 0 saturated heterocycles. The molecule has 1 heterocycles. The fourth-order valence-electron chi connectivity index (χ4n) is 2.86. The van der Waals surface area contributed by atoms with Crippen LogP contribution in [0.25, 0.3) is 10.9 Å². The van der Waals surface area contributed by atoms with Crippen LogP contribution in [0.3, 0.4) is 0 Å². The van der Waals surface area contributed by atoms with Crippen LogP contribution in [-0.4, -0.2) is 17.7 Å². The fourth-order valence-corrected chi connectivity index (χ4v) is 2.86. The summed E-state index contributed by atoms with van der Waals surface area (Å²) in [6, 6.07) is 10.2. The van der Waals surface area contributed by atoms with Gasteiger partial charge < -0.3 is 4.74 Å². The number of hydrogen-bond donors (Lipinski definition) is 2. The molecule has 3 rings (SSSR count). The molecule has 0 amide bonds. The zero-order valence-electron chi connectivity index (χ0n) is 11.8. The molecule has 1 aromatic carbocycles. The van der Waals surface area contributed by atoms with Crippen molar-refractivity contribution in [2.75, 3.05) is 6.61 Å². The highest BCUT2D eigenvalue weighted by Gasteiger charge is 2.38. The summed E-state index contributed by atoms with van der Waals surface area (Å²) >= 11 is 0. The molecule has 0 radical (unpaired) electrons. The molecule has 106 valence electrons. The number of pyridine rings is 1. The lowest BCUT2D eigenvalue weighted by Gasteiger charge is -2.27. The zero-order valence-corrected chi connectivity index (χ0v) is 11.8. The summed E-state index contributed by atoms with van der Waals surface area (Å²) in [5.41, 5.74) is 5.08. The van der Waals surface area contributed by atoms with Crippen LogP contribution >= 0.6 is 0 Å². The van der Waals surface area contributed by atoms with E-state index in [1.54, 1.807) is 0 Å². The van der Waals surface area contributed by atoms with E-state index in [0.717, 1.165) is 16.5 Å². The molecule has 0 aliphatic heterocycles. The second kappa shape index (κ2) is 5.87. The molecule has 2 unspecified atom stereocenters. The van der Waals surface area contributed by atoms with Crippen LogP contribution in [0.5, 0.6) is 0 Å². The molecule has 3 N–H and O–H groups in total. The Morgan fingerprint density at radius 1 is 1.35 bits per heavy atom. The Labute approximate surface area is 119 Å². The highest BCUT2D eigenvalue weighted by Crippen LogP contribution is 2.40. The second-order valence-corrected chi connectivity index (χ2v) is 5.32. The minimum Gasteiger partial charge on any atom is -0.376 e. The maximum Gasteiger partial charge on any atom is 0.0811 e. The average Bonchev–Trinajstić information content (AvgIpc) is 3.32. The first-order valence-electron chi connectivity index (χ1n) is 7.26. The molecular formula is C16H21N3O. The van der Waals surface area contributed by atoms with Gasteiger partial charge in [-0.15, -0.1) is 0 Å². The van der Waals surface area contributed by atoms with Crippen molar-refractivity contribution in [1.29, 1.82) is 0 Å². The molecule has 4 nitrogen and oxygen atoms in total. The topological polar surface area (TPSA) is 60.2 Å². The fraction of sp³-hybridized carbons (Fsp3) is 0.438. The predicted octanol–water partition coefficient (Wildman–Crippen LogP) is 2.55. The van der Waals surface area contributed by atoms with E-state index < -0.39 is 0 Å². The lowest BCUT2D eigenvalue weighted by atomic mass is 9.96. The normalized spacial score (nSPS) is 18.1. The van der Waals surface area contributed by atoms with Crippen molar-refractivity contribution in [3.05, 3.63) is 42.1 Å². The molecule has 0 bridgehead atoms. The number of nitrogens with two attached hydrogens (primary N) is 1. The second-order valence-electron chi connectivity index (χ2n) is 5.32. The van der Waals surface area contributed by atoms with Crippen LogP contribution in [-0.2, 0) is 4.74 Å². The van der Waals surface area contributed by atoms with Crippen molar-refractivity contribution in [2.24, 2.45) is 11.8 Å². The van der Waals surface area contributed by atoms with Crippen molar-refractivity contribution >= 4 is 10.9 Å². The van der Waals surface area contributed by atoms with Gasteiger partial charge in [-0.25, -0.2) is 0 Å². The third-order valence-corrected chi connectivity index (χ3v) is 3.95. The van der Waals surface area contributed by atoms with Gasteiger partial charge in [-0.2, -0.15) is 0 Å². The van der Waals surface area contributed by atoms with Crippen LogP contribution in [0.1, 0.15) is 31.4 Å². The third-order valence-electron chi connectivity index (χ3n) is 3.95. The van der Waals surface area contributed by atoms with Crippen LogP contribution in [0.15, 0.2) is 36.5 Å². The summed E-state index contributed by atoms with van der Waals surface area (Å²) in [6.45, 7) is 2.74. The van der Waals surface area contributed by atoms with Crippen molar-refractivity contribution in [3.8, 4) is 0 Å². The average molecular weight is 271 g/mol. The monoisotopic (exact) mass is 271 g/mol. The van der Waals surface area contributed by atoms with Crippen molar-refractivity contribution in [1.82, 2.24) is 10.4 Å². The Bertz CT molecular complexity index is 577. The molecule has 1 aliphatic rings. The molecule has 2 aromatic rings. The molecule has 1 aromatic heterocycles. The molecule has 4 heteroatoms. The minimum atomic E-state index is -0.0129. The first-order chi connectivity index (χ1) is 9.85. The summed E-state index contributed by atoms with van der Waals surface area (Å²) in [5, 5.41) is 1.14. The third kappa shape index (κ3) is 2.54. The maximum atomic E-state index is 5.95. The quantitative estimate of drug-likeness (QED) is 0.626. The van der Waals surface area contributed by atoms with Crippen molar-refractivity contribution in [2.45, 2.75) is 31.9 Å². The number of nitrogens with one attached hydrogen (secondary N) is 1. The Hall–Kier alpha value is -1.49. The molecule has 1 saturated carbocycles. The van der Waals surface area contributed by atoms with E-state index in [4.69, 9.17) is 10.6 Å². The number of nitrogens with zero attached hydrogens (tertiary/aromatic N) is 1. The number of fused-ring (bicyclic) bond motifs is 1. The number of benzene rings is 1. The van der Waals surface area contributed by atoms with Crippen molar-refractivity contribution in [3.63, 3.8) is 0 Å². The first-order valence-corrected chi connectivity index (χ1v) is 7.26. The Balaban J connectivity index is 2.01. The molecule has 1 aliphatic carbocycles. The molecule has 2 atom stereocenters. The number of aromatic nitrogens is 1. The largest absolute Gasteiger partial charge is 0.376 e. The van der Waals surface area contributed by atoms with Crippen LogP contribution < -0.4 is 11.3 Å². The lowest BCUT2D eigenvalue weighted by Crippen LogP contribution is -2.39. The molecular weight excluding hydrogens is 250 g/mol. The van der Waals surface area contributed by atoms with Gasteiger partial charge in [0.05, 0.1) is 17.7 Å². The summed E-state index contributed by atoms with van der Waals surface area (Å²) in [6.07, 6.45) is 4.39. The van der Waals surface area contributed by atoms with Gasteiger partial charge >= 0.3 is 0 Å². The van der Waals surface area contributed by atoms with Gasteiger partial charge in [-0.05, 0) is 37.3 Å². The highest BCUT2D eigenvalue weighted by molar-refractivity contribution is 5.82. The van der Waals surface area contributed by atoms with E-state index in [9.17, 15) is 0 Å². The van der Waals surface area contributed by atoms with Crippen LogP contribution in [0.4, 0.5) is 0 Å². The SMILES string of the molecule is CCOC(C1CC1)C(NN)c1cccc2cccnc12. The van der Waals surface area contributed by atoms with Gasteiger partial charge in [0.15, 0.2) is 0 Å². The summed E-state index contributed by atoms with van der Waals surface area (Å²) < 4.78 is 5.95. The standard InChI is InChI=1S/C16H21N3O/c1-2-20-16(12-8-9-12)15(19-17)13-7-3-5-11-6-4-10-18-14(11)13/h3-7,10,12,15-16,19H,2,8-9,17H2,1H3. The van der Waals surface area contributed by atoms with Crippen LogP contribution in [0.2, 0.25) is 0 Å². The van der Waals surface area contributed by atoms with Crippen molar-refractivity contribution < 1.29 is 4.74 Å². The minimum absolute atomic E-state index is 0.0129. The predicted molar refractivity (Wildman–Crippen MR) is 79.9 cm³/mol. The summed E-state index contributed by atoms with van der Waals surface area (Å²) in [4.78, 5) is 4.52. The number of hydrogen-bond acceptors (Lipinski definition) is 4. The number of rotatable bonds is 6. The maximum absolute atomic E-state index is 5.95. The van der Waals surface area contributed by atoms with Gasteiger partial charge in [0.25, 0.3) is 0 Å². The van der Waals surface area contributed by atoms with Crippen LogP contribution in [0, 0.1) is 5.92 Å². The van der Waals surface area contributed by atoms with E-state index in [2.05, 4.69) is 34.7 Å². The van der Waals surface area contributed by atoms with Gasteiger partial charge in [0, 0.05) is 18.2 Å². The molecule has 0 spiro atoms. The van der Waals surface area contributed by atoms with E-state index in [-0.39, 0.29) is 12.1 Å².